The highest BCUT2D eigenvalue weighted by Gasteiger charge is 2.45. The maximum atomic E-state index is 9.74. The average molecular weight is 446 g/mol. The van der Waals surface area contributed by atoms with Crippen LogP contribution in [0.5, 0.6) is 5.75 Å². The van der Waals surface area contributed by atoms with E-state index in [1.165, 1.54) is 0 Å². The smallest absolute Gasteiger partial charge is 0.159 e. The molecular formula is C29H23N3O2. The lowest BCUT2D eigenvalue weighted by Gasteiger charge is -2.44. The van der Waals surface area contributed by atoms with Gasteiger partial charge in [-0.25, -0.2) is 0 Å². The van der Waals surface area contributed by atoms with Gasteiger partial charge in [-0.15, -0.1) is 0 Å². The standard InChI is InChI=1S/C29H23N3O2/c33-23-17-15-20(16-18-23)27-24(19-30-32-27)28-31-26-14-8-7-13-25(26)29(34-28,21-9-3-1-4-10-21)22-11-5-2-6-12-22/h1-19,28,31,33H,(H,30,32)/t28-/m0/s1. The normalized spacial score (nSPS) is 16.4. The number of aromatic hydroxyl groups is 1. The van der Waals surface area contributed by atoms with Crippen LogP contribution in [0.1, 0.15) is 28.5 Å². The number of hydrogen-bond donors (Lipinski definition) is 3. The van der Waals surface area contributed by atoms with Crippen LogP contribution in [0.2, 0.25) is 0 Å². The van der Waals surface area contributed by atoms with Gasteiger partial charge < -0.3 is 15.2 Å². The summed E-state index contributed by atoms with van der Waals surface area (Å²) in [5.41, 5.74) is 5.98. The summed E-state index contributed by atoms with van der Waals surface area (Å²) in [6.07, 6.45) is 1.33. The third-order valence-corrected chi connectivity index (χ3v) is 6.36. The van der Waals surface area contributed by atoms with Crippen molar-refractivity contribution < 1.29 is 9.84 Å². The number of ether oxygens (including phenoxy) is 1. The van der Waals surface area contributed by atoms with Gasteiger partial charge in [-0.05, 0) is 41.5 Å². The van der Waals surface area contributed by atoms with Gasteiger partial charge in [-0.1, -0.05) is 78.9 Å². The molecule has 0 saturated heterocycles. The molecule has 0 saturated carbocycles. The summed E-state index contributed by atoms with van der Waals surface area (Å²) in [6, 6.07) is 36.0. The predicted molar refractivity (Wildman–Crippen MR) is 132 cm³/mol. The lowest BCUT2D eigenvalue weighted by Crippen LogP contribution is -2.40. The summed E-state index contributed by atoms with van der Waals surface area (Å²) in [6.45, 7) is 0. The molecule has 0 fully saturated rings. The van der Waals surface area contributed by atoms with E-state index < -0.39 is 11.8 Å². The summed E-state index contributed by atoms with van der Waals surface area (Å²) in [5, 5.41) is 20.8. The minimum atomic E-state index is -0.821. The molecule has 5 heteroatoms. The van der Waals surface area contributed by atoms with Crippen molar-refractivity contribution in [1.29, 1.82) is 0 Å². The lowest BCUT2D eigenvalue weighted by atomic mass is 9.78. The van der Waals surface area contributed by atoms with E-state index in [0.29, 0.717) is 0 Å². The van der Waals surface area contributed by atoms with Crippen molar-refractivity contribution in [3.8, 4) is 17.0 Å². The number of phenols is 1. The Balaban J connectivity index is 1.56. The van der Waals surface area contributed by atoms with Crippen molar-refractivity contribution >= 4 is 5.69 Å². The van der Waals surface area contributed by atoms with E-state index in [0.717, 1.165) is 39.2 Å². The van der Waals surface area contributed by atoms with Crippen molar-refractivity contribution in [3.63, 3.8) is 0 Å². The second-order valence-corrected chi connectivity index (χ2v) is 8.35. The van der Waals surface area contributed by atoms with Crippen molar-refractivity contribution in [3.05, 3.63) is 138 Å². The van der Waals surface area contributed by atoms with E-state index in [9.17, 15) is 5.11 Å². The number of benzene rings is 4. The summed E-state index contributed by atoms with van der Waals surface area (Å²) in [4.78, 5) is 0. The number of aromatic amines is 1. The summed E-state index contributed by atoms with van der Waals surface area (Å²) < 4.78 is 7.08. The Bertz CT molecular complexity index is 1370. The second kappa shape index (κ2) is 8.21. The van der Waals surface area contributed by atoms with Crippen LogP contribution in [0.15, 0.2) is 115 Å². The SMILES string of the molecule is Oc1ccc(-c2[nH]ncc2[C@H]2Nc3ccccc3C(c3ccccc3)(c3ccccc3)O2)cc1. The van der Waals surface area contributed by atoms with Crippen molar-refractivity contribution in [2.75, 3.05) is 5.32 Å². The van der Waals surface area contributed by atoms with E-state index in [1.54, 1.807) is 18.3 Å². The van der Waals surface area contributed by atoms with Gasteiger partial charge in [-0.3, -0.25) is 5.10 Å². The summed E-state index contributed by atoms with van der Waals surface area (Å²) >= 11 is 0. The molecule has 2 heterocycles. The zero-order valence-electron chi connectivity index (χ0n) is 18.3. The van der Waals surface area contributed by atoms with Gasteiger partial charge in [0.2, 0.25) is 0 Å². The molecule has 0 amide bonds. The van der Waals surface area contributed by atoms with Crippen LogP contribution in [0.3, 0.4) is 0 Å². The molecular weight excluding hydrogens is 422 g/mol. The molecule has 1 aromatic heterocycles. The highest BCUT2D eigenvalue weighted by atomic mass is 16.5. The zero-order chi connectivity index (χ0) is 23.0. The van der Waals surface area contributed by atoms with Crippen LogP contribution >= 0.6 is 0 Å². The summed E-state index contributed by atoms with van der Waals surface area (Å²) in [7, 11) is 0. The van der Waals surface area contributed by atoms with E-state index in [1.807, 2.05) is 60.7 Å². The molecule has 4 aromatic carbocycles. The van der Waals surface area contributed by atoms with E-state index in [-0.39, 0.29) is 5.75 Å². The molecule has 1 aliphatic rings. The lowest BCUT2D eigenvalue weighted by molar-refractivity contribution is -0.0429. The molecule has 34 heavy (non-hydrogen) atoms. The number of nitrogens with zero attached hydrogens (tertiary/aromatic N) is 1. The maximum absolute atomic E-state index is 9.74. The summed E-state index contributed by atoms with van der Waals surface area (Å²) in [5.74, 6) is 0.220. The van der Waals surface area contributed by atoms with Gasteiger partial charge in [-0.2, -0.15) is 5.10 Å². The molecule has 0 aliphatic carbocycles. The fourth-order valence-corrected chi connectivity index (χ4v) is 4.78. The van der Waals surface area contributed by atoms with Crippen LogP contribution in [0.25, 0.3) is 11.3 Å². The first kappa shape index (κ1) is 20.3. The van der Waals surface area contributed by atoms with Gasteiger partial charge >= 0.3 is 0 Å². The van der Waals surface area contributed by atoms with E-state index in [2.05, 4.69) is 51.9 Å². The van der Waals surface area contributed by atoms with Crippen LogP contribution in [-0.2, 0) is 10.3 Å². The Morgan fingerprint density at radius 3 is 2.03 bits per heavy atom. The average Bonchev–Trinajstić information content (AvgIpc) is 3.39. The van der Waals surface area contributed by atoms with Crippen molar-refractivity contribution in [2.24, 2.45) is 0 Å². The molecule has 0 radical (unpaired) electrons. The van der Waals surface area contributed by atoms with Gasteiger partial charge in [0, 0.05) is 22.4 Å². The van der Waals surface area contributed by atoms with Gasteiger partial charge in [0.25, 0.3) is 0 Å². The molecule has 3 N–H and O–H groups in total. The number of anilines is 1. The van der Waals surface area contributed by atoms with Gasteiger partial charge in [0.05, 0.1) is 11.9 Å². The number of rotatable bonds is 4. The molecule has 0 unspecified atom stereocenters. The zero-order valence-corrected chi connectivity index (χ0v) is 18.3. The quantitative estimate of drug-likeness (QED) is 0.307. The molecule has 1 aliphatic heterocycles. The predicted octanol–water partition coefficient (Wildman–Crippen LogP) is 6.22. The minimum Gasteiger partial charge on any atom is -0.508 e. The number of nitrogens with one attached hydrogen (secondary N) is 2. The third kappa shape index (κ3) is 3.26. The number of hydrogen-bond acceptors (Lipinski definition) is 4. The Morgan fingerprint density at radius 1 is 0.735 bits per heavy atom. The number of H-pyrrole nitrogens is 1. The van der Waals surface area contributed by atoms with Crippen LogP contribution in [0.4, 0.5) is 5.69 Å². The number of para-hydroxylation sites is 1. The Labute approximate surface area is 197 Å². The van der Waals surface area contributed by atoms with Crippen molar-refractivity contribution in [2.45, 2.75) is 11.8 Å². The largest absolute Gasteiger partial charge is 0.508 e. The number of phenolic OH excluding ortho intramolecular Hbond substituents is 1. The van der Waals surface area contributed by atoms with E-state index in [4.69, 9.17) is 4.74 Å². The Hall–Kier alpha value is -4.35. The first-order valence-corrected chi connectivity index (χ1v) is 11.2. The highest BCUT2D eigenvalue weighted by molar-refractivity contribution is 5.68. The maximum Gasteiger partial charge on any atom is 0.159 e. The molecule has 5 nitrogen and oxygen atoms in total. The molecule has 0 bridgehead atoms. The van der Waals surface area contributed by atoms with Crippen LogP contribution in [-0.4, -0.2) is 15.3 Å². The minimum absolute atomic E-state index is 0.220. The number of aromatic nitrogens is 2. The van der Waals surface area contributed by atoms with E-state index >= 15 is 0 Å². The van der Waals surface area contributed by atoms with Crippen molar-refractivity contribution in [1.82, 2.24) is 10.2 Å². The second-order valence-electron chi connectivity index (χ2n) is 8.35. The number of fused-ring (bicyclic) bond motifs is 1. The first-order chi connectivity index (χ1) is 16.8. The van der Waals surface area contributed by atoms with Crippen LogP contribution in [0, 0.1) is 0 Å². The molecule has 166 valence electrons. The Kier molecular flexibility index (Phi) is 4.90. The fraction of sp³-hybridized carbons (Fsp3) is 0.0690. The fourth-order valence-electron chi connectivity index (χ4n) is 4.78. The Morgan fingerprint density at radius 2 is 1.35 bits per heavy atom. The molecule has 0 spiro atoms. The van der Waals surface area contributed by atoms with Gasteiger partial charge in [0.1, 0.15) is 11.4 Å². The highest BCUT2D eigenvalue weighted by Crippen LogP contribution is 2.50. The monoisotopic (exact) mass is 445 g/mol. The molecule has 5 aromatic rings. The van der Waals surface area contributed by atoms with Crippen LogP contribution < -0.4 is 5.32 Å². The molecule has 6 rings (SSSR count). The molecule has 1 atom stereocenters. The topological polar surface area (TPSA) is 70.2 Å². The first-order valence-electron chi connectivity index (χ1n) is 11.2. The third-order valence-electron chi connectivity index (χ3n) is 6.36. The van der Waals surface area contributed by atoms with Gasteiger partial charge in [0.15, 0.2) is 6.23 Å².